The second kappa shape index (κ2) is 3.26. The van der Waals surface area contributed by atoms with Crippen LogP contribution in [0.4, 0.5) is 0 Å². The minimum Gasteiger partial charge on any atom is -0.391 e. The third kappa shape index (κ3) is 5.91. The molecule has 1 unspecified atom stereocenters. The predicted molar refractivity (Wildman–Crippen MR) is 26.2 cm³/mol. The van der Waals surface area contributed by atoms with Crippen LogP contribution in [0.1, 0.15) is 0 Å². The zero-order valence-electron chi connectivity index (χ0n) is 4.34. The standard InChI is InChI=1S/C2H7O6P/c3-1-2(4)8-9(5,6)7/h2-4H,1H2,(H2,5,6,7). The fraction of sp³-hybridized carbons (Fsp3) is 1.00. The quantitative estimate of drug-likeness (QED) is 0.291. The van der Waals surface area contributed by atoms with Crippen LogP contribution < -0.4 is 0 Å². The van der Waals surface area contributed by atoms with Crippen LogP contribution in [-0.4, -0.2) is 32.9 Å². The molecule has 7 heteroatoms. The Labute approximate surface area is 50.9 Å². The van der Waals surface area contributed by atoms with Crippen molar-refractivity contribution in [3.8, 4) is 0 Å². The van der Waals surface area contributed by atoms with E-state index in [-0.39, 0.29) is 0 Å². The molecule has 0 rings (SSSR count). The van der Waals surface area contributed by atoms with Gasteiger partial charge in [0.05, 0.1) is 6.61 Å². The van der Waals surface area contributed by atoms with Gasteiger partial charge in [-0.2, -0.15) is 0 Å². The maximum absolute atomic E-state index is 9.80. The van der Waals surface area contributed by atoms with Crippen LogP contribution in [0.25, 0.3) is 0 Å². The molecular weight excluding hydrogens is 151 g/mol. The van der Waals surface area contributed by atoms with Crippen molar-refractivity contribution in [2.75, 3.05) is 6.61 Å². The molecule has 0 saturated heterocycles. The first kappa shape index (κ1) is 9.03. The summed E-state index contributed by atoms with van der Waals surface area (Å²) in [6.45, 7) is -0.842. The molecule has 1 atom stereocenters. The second-order valence-corrected chi connectivity index (χ2v) is 2.43. The van der Waals surface area contributed by atoms with Crippen LogP contribution in [0, 0.1) is 0 Å². The summed E-state index contributed by atoms with van der Waals surface area (Å²) in [5.74, 6) is 0. The van der Waals surface area contributed by atoms with Gasteiger partial charge in [0, 0.05) is 0 Å². The fourth-order valence-corrected chi connectivity index (χ4v) is 0.576. The summed E-state index contributed by atoms with van der Waals surface area (Å²) in [6, 6.07) is 0. The van der Waals surface area contributed by atoms with Gasteiger partial charge in [0.1, 0.15) is 0 Å². The molecule has 0 bridgehead atoms. The van der Waals surface area contributed by atoms with Crippen molar-refractivity contribution in [1.29, 1.82) is 0 Å². The normalized spacial score (nSPS) is 15.6. The molecule has 56 valence electrons. The molecule has 0 heterocycles. The SMILES string of the molecule is O=P(O)(O)OC(O)CO. The molecule has 0 spiro atoms. The topological polar surface area (TPSA) is 107 Å². The van der Waals surface area contributed by atoms with Crippen molar-refractivity contribution in [2.24, 2.45) is 0 Å². The maximum atomic E-state index is 9.80. The Morgan fingerprint density at radius 3 is 2.11 bits per heavy atom. The van der Waals surface area contributed by atoms with Crippen LogP contribution in [0.2, 0.25) is 0 Å². The molecule has 6 nitrogen and oxygen atoms in total. The number of phosphoric ester groups is 1. The van der Waals surface area contributed by atoms with E-state index in [1.165, 1.54) is 0 Å². The smallest absolute Gasteiger partial charge is 0.391 e. The van der Waals surface area contributed by atoms with Crippen molar-refractivity contribution in [2.45, 2.75) is 6.29 Å². The van der Waals surface area contributed by atoms with Gasteiger partial charge in [-0.05, 0) is 0 Å². The highest BCUT2D eigenvalue weighted by atomic mass is 31.2. The molecule has 0 aromatic rings. The van der Waals surface area contributed by atoms with Crippen molar-refractivity contribution in [3.63, 3.8) is 0 Å². The minimum atomic E-state index is -4.65. The third-order valence-corrected chi connectivity index (χ3v) is 0.933. The number of phosphoric acid groups is 1. The first-order valence-corrected chi connectivity index (χ1v) is 3.51. The van der Waals surface area contributed by atoms with Gasteiger partial charge in [-0.25, -0.2) is 4.57 Å². The average molecular weight is 158 g/mol. The largest absolute Gasteiger partial charge is 0.472 e. The number of hydrogen-bond donors (Lipinski definition) is 4. The highest BCUT2D eigenvalue weighted by molar-refractivity contribution is 7.46. The maximum Gasteiger partial charge on any atom is 0.472 e. The van der Waals surface area contributed by atoms with Gasteiger partial charge in [-0.3, -0.25) is 4.52 Å². The van der Waals surface area contributed by atoms with Crippen LogP contribution in [0.3, 0.4) is 0 Å². The predicted octanol–water partition coefficient (Wildman–Crippen LogP) is -1.59. The van der Waals surface area contributed by atoms with Crippen LogP contribution >= 0.6 is 7.82 Å². The molecule has 4 N–H and O–H groups in total. The first-order valence-electron chi connectivity index (χ1n) is 1.98. The number of hydrogen-bond acceptors (Lipinski definition) is 4. The van der Waals surface area contributed by atoms with E-state index < -0.39 is 20.7 Å². The Morgan fingerprint density at radius 1 is 1.56 bits per heavy atom. The van der Waals surface area contributed by atoms with Gasteiger partial charge in [0.15, 0.2) is 6.29 Å². The summed E-state index contributed by atoms with van der Waals surface area (Å²) in [4.78, 5) is 15.9. The van der Waals surface area contributed by atoms with Gasteiger partial charge in [0.25, 0.3) is 0 Å². The van der Waals surface area contributed by atoms with Crippen LogP contribution in [-0.2, 0) is 9.09 Å². The Balaban J connectivity index is 3.60. The van der Waals surface area contributed by atoms with Gasteiger partial charge in [-0.15, -0.1) is 0 Å². The van der Waals surface area contributed by atoms with Crippen molar-refractivity contribution < 1.29 is 29.1 Å². The van der Waals surface area contributed by atoms with Crippen molar-refractivity contribution >= 4 is 7.82 Å². The fourth-order valence-electron chi connectivity index (χ4n) is 0.192. The summed E-state index contributed by atoms with van der Waals surface area (Å²) >= 11 is 0. The van der Waals surface area contributed by atoms with E-state index in [2.05, 4.69) is 4.52 Å². The highest BCUT2D eigenvalue weighted by Gasteiger charge is 2.18. The molecule has 0 aliphatic rings. The van der Waals surface area contributed by atoms with Crippen LogP contribution in [0.15, 0.2) is 0 Å². The average Bonchev–Trinajstić information content (AvgIpc) is 1.62. The summed E-state index contributed by atoms with van der Waals surface area (Å²) in [5.41, 5.74) is 0. The van der Waals surface area contributed by atoms with E-state index >= 15 is 0 Å². The number of aliphatic hydroxyl groups excluding tert-OH is 2. The van der Waals surface area contributed by atoms with Gasteiger partial charge in [0.2, 0.25) is 0 Å². The molecule has 0 aromatic heterocycles. The highest BCUT2D eigenvalue weighted by Crippen LogP contribution is 2.36. The molecule has 0 amide bonds. The van der Waals surface area contributed by atoms with E-state index in [0.29, 0.717) is 0 Å². The summed E-state index contributed by atoms with van der Waals surface area (Å²) in [7, 11) is -4.65. The van der Waals surface area contributed by atoms with E-state index in [0.717, 1.165) is 0 Å². The zero-order valence-corrected chi connectivity index (χ0v) is 5.23. The van der Waals surface area contributed by atoms with Gasteiger partial charge in [-0.1, -0.05) is 0 Å². The molecule has 0 aromatic carbocycles. The third-order valence-electron chi connectivity index (χ3n) is 0.415. The minimum absolute atomic E-state index is 0.842. The van der Waals surface area contributed by atoms with E-state index in [1.807, 2.05) is 0 Å². The Morgan fingerprint density at radius 2 is 2.00 bits per heavy atom. The molecule has 0 fully saturated rings. The lowest BCUT2D eigenvalue weighted by atomic mass is 10.7. The summed E-state index contributed by atoms with van der Waals surface area (Å²) in [5, 5.41) is 16.2. The van der Waals surface area contributed by atoms with Gasteiger partial charge < -0.3 is 20.0 Å². The molecular formula is C2H7O6P. The number of rotatable bonds is 3. The Kier molecular flexibility index (Phi) is 3.27. The Bertz CT molecular complexity index is 116. The summed E-state index contributed by atoms with van der Waals surface area (Å²) in [6.07, 6.45) is -1.81. The lowest BCUT2D eigenvalue weighted by molar-refractivity contribution is -0.0693. The van der Waals surface area contributed by atoms with Crippen molar-refractivity contribution in [3.05, 3.63) is 0 Å². The van der Waals surface area contributed by atoms with Crippen LogP contribution in [0.5, 0.6) is 0 Å². The zero-order chi connectivity index (χ0) is 7.49. The van der Waals surface area contributed by atoms with E-state index in [1.54, 1.807) is 0 Å². The monoisotopic (exact) mass is 158 g/mol. The molecule has 0 saturated carbocycles. The lowest BCUT2D eigenvalue weighted by Crippen LogP contribution is -2.14. The first-order chi connectivity index (χ1) is 3.95. The number of aliphatic hydroxyl groups is 2. The van der Waals surface area contributed by atoms with E-state index in [9.17, 15) is 4.57 Å². The van der Waals surface area contributed by atoms with Gasteiger partial charge >= 0.3 is 7.82 Å². The summed E-state index contributed by atoms with van der Waals surface area (Å²) < 4.78 is 13.4. The second-order valence-electron chi connectivity index (χ2n) is 1.23. The Hall–Kier alpha value is 0.0300. The molecule has 9 heavy (non-hydrogen) atoms. The molecule has 0 aliphatic heterocycles. The molecule has 0 aliphatic carbocycles. The lowest BCUT2D eigenvalue weighted by Gasteiger charge is -2.08. The van der Waals surface area contributed by atoms with E-state index in [4.69, 9.17) is 20.0 Å². The van der Waals surface area contributed by atoms with Crippen molar-refractivity contribution in [1.82, 2.24) is 0 Å². The molecule has 0 radical (unpaired) electrons.